The molecular formula is C107H138N26O9. The SMILES string of the molecule is CCC(CC)N1C(=O)Cc2cnc(Nc3ccc(C(=O)NC(C)C)cc3)nc21.CCC(CC)N1C(=O)Cc2cnc(Nc3ccc(C(=O)NC)cc3)nc21.CCC(CC)N1C(=O)Cc2cnc(Nc3ccc(C(=O)NC4CCCC4)cc3)nc21.CCC(CC)N1C(=O)Cc2cnc(Nc3cccc(N(C)CCN4CCCC4)c3)nc21.CCNC(=O)c1ccc(Nc2ncc3c(n2)N(C(CC)CC)C(=O)C3)cc1. The Kier molecular flexibility index (Phi) is 37.0. The fourth-order valence-corrected chi connectivity index (χ4v) is 18.7. The fourth-order valence-electron chi connectivity index (χ4n) is 18.7. The van der Waals surface area contributed by atoms with Crippen LogP contribution >= 0.6 is 0 Å². The third kappa shape index (κ3) is 26.2. The molecule has 7 aliphatic rings. The second kappa shape index (κ2) is 50.1. The summed E-state index contributed by atoms with van der Waals surface area (Å²) >= 11 is 0. The number of carbonyl (C=O) groups excluding carboxylic acids is 9. The predicted octanol–water partition coefficient (Wildman–Crippen LogP) is 16.9. The maximum atomic E-state index is 12.6. The Bertz CT molecular complexity index is 6020. The first-order valence-corrected chi connectivity index (χ1v) is 50.5. The zero-order chi connectivity index (χ0) is 101. The number of nitrogens with one attached hydrogen (secondary N) is 9. The van der Waals surface area contributed by atoms with Gasteiger partial charge in [-0.05, 0) is 239 Å². The smallest absolute Gasteiger partial charge is 0.251 e. The summed E-state index contributed by atoms with van der Waals surface area (Å²) in [4.78, 5) is 169. The van der Waals surface area contributed by atoms with Crippen LogP contribution in [0.25, 0.3) is 0 Å². The summed E-state index contributed by atoms with van der Waals surface area (Å²) in [7, 11) is 3.74. The number of fused-ring (bicyclic) bond motifs is 5. The Hall–Kier alpha value is -14.5. The molecule has 142 heavy (non-hydrogen) atoms. The van der Waals surface area contributed by atoms with E-state index in [1.807, 2.05) is 77.9 Å². The lowest BCUT2D eigenvalue weighted by Gasteiger charge is -2.26. The zero-order valence-electron chi connectivity index (χ0n) is 84.6. The van der Waals surface area contributed by atoms with E-state index >= 15 is 0 Å². The minimum atomic E-state index is -0.135. The predicted molar refractivity (Wildman–Crippen MR) is 559 cm³/mol. The van der Waals surface area contributed by atoms with E-state index in [9.17, 15) is 43.2 Å². The maximum Gasteiger partial charge on any atom is 0.251 e. The molecule has 0 bridgehead atoms. The fraction of sp³-hybridized carbons (Fsp3) is 0.449. The van der Waals surface area contributed by atoms with Crippen molar-refractivity contribution in [3.05, 3.63) is 202 Å². The van der Waals surface area contributed by atoms with Crippen LogP contribution in [0.2, 0.25) is 0 Å². The van der Waals surface area contributed by atoms with E-state index in [1.165, 1.54) is 44.5 Å². The number of hydrogen-bond acceptors (Lipinski definition) is 26. The number of carbonyl (C=O) groups is 9. The number of anilines is 16. The van der Waals surface area contributed by atoms with E-state index in [1.54, 1.807) is 108 Å². The maximum absolute atomic E-state index is 12.6. The van der Waals surface area contributed by atoms with Crippen molar-refractivity contribution < 1.29 is 43.2 Å². The second-order valence-corrected chi connectivity index (χ2v) is 36.7. The van der Waals surface area contributed by atoms with Crippen molar-refractivity contribution in [1.82, 2.24) is 76.0 Å². The van der Waals surface area contributed by atoms with Gasteiger partial charge in [-0.15, -0.1) is 0 Å². The molecule has 5 aromatic carbocycles. The van der Waals surface area contributed by atoms with E-state index in [4.69, 9.17) is 4.98 Å². The highest BCUT2D eigenvalue weighted by Gasteiger charge is 2.40. The van der Waals surface area contributed by atoms with Crippen LogP contribution in [-0.2, 0) is 56.1 Å². The number of aromatic nitrogens is 10. The number of nitrogens with zero attached hydrogens (tertiary/aromatic N) is 17. The lowest BCUT2D eigenvalue weighted by molar-refractivity contribution is -0.118. The van der Waals surface area contributed by atoms with Crippen molar-refractivity contribution in [2.24, 2.45) is 0 Å². The highest BCUT2D eigenvalue weighted by atomic mass is 16.2. The minimum Gasteiger partial charge on any atom is -0.373 e. The van der Waals surface area contributed by atoms with Crippen LogP contribution in [0, 0.1) is 0 Å². The number of likely N-dealkylation sites (tertiary alicyclic amines) is 1. The van der Waals surface area contributed by atoms with Crippen molar-refractivity contribution in [2.75, 3.05) is 103 Å². The van der Waals surface area contributed by atoms with E-state index in [0.29, 0.717) is 120 Å². The highest BCUT2D eigenvalue weighted by molar-refractivity contribution is 6.05. The van der Waals surface area contributed by atoms with Crippen molar-refractivity contribution in [3.63, 3.8) is 0 Å². The Morgan fingerprint density at radius 2 is 0.655 bits per heavy atom. The molecule has 1 saturated heterocycles. The lowest BCUT2D eigenvalue weighted by atomic mass is 10.1. The highest BCUT2D eigenvalue weighted by Crippen LogP contribution is 2.39. The third-order valence-electron chi connectivity index (χ3n) is 26.7. The average Bonchev–Trinajstić information content (AvgIpc) is 1.65. The number of likely N-dealkylation sites (N-methyl/N-ethyl adjacent to an activating group) is 1. The number of hydrogen-bond donors (Lipinski definition) is 9. The Morgan fingerprint density at radius 1 is 0.366 bits per heavy atom. The normalized spacial score (nSPS) is 14.5. The molecule has 35 nitrogen and oxygen atoms in total. The molecule has 1 saturated carbocycles. The van der Waals surface area contributed by atoms with E-state index in [-0.39, 0.29) is 89.4 Å². The van der Waals surface area contributed by atoms with Gasteiger partial charge in [-0.2, -0.15) is 24.9 Å². The molecule has 17 rings (SSSR count). The monoisotopic (exact) mass is 1930 g/mol. The van der Waals surface area contributed by atoms with Gasteiger partial charge < -0.3 is 57.7 Å². The molecule has 0 atom stereocenters. The van der Waals surface area contributed by atoms with Crippen LogP contribution in [0.4, 0.5) is 93.0 Å². The van der Waals surface area contributed by atoms with Crippen molar-refractivity contribution in [1.29, 1.82) is 0 Å². The molecule has 9 N–H and O–H groups in total. The summed E-state index contributed by atoms with van der Waals surface area (Å²) < 4.78 is 0. The first-order valence-electron chi connectivity index (χ1n) is 50.5. The van der Waals surface area contributed by atoms with Crippen molar-refractivity contribution in [3.8, 4) is 0 Å². The topological polar surface area (TPSA) is 413 Å². The van der Waals surface area contributed by atoms with Gasteiger partial charge in [0.15, 0.2) is 0 Å². The summed E-state index contributed by atoms with van der Waals surface area (Å²) in [6.07, 6.45) is 26.6. The summed E-state index contributed by atoms with van der Waals surface area (Å²) in [6, 6.07) is 38.2. The van der Waals surface area contributed by atoms with Gasteiger partial charge in [0.25, 0.3) is 23.6 Å². The van der Waals surface area contributed by atoms with Crippen molar-refractivity contribution in [2.45, 2.75) is 267 Å². The van der Waals surface area contributed by atoms with Gasteiger partial charge in [0.1, 0.15) is 29.1 Å². The second-order valence-electron chi connectivity index (χ2n) is 36.7. The van der Waals surface area contributed by atoms with Gasteiger partial charge in [-0.1, -0.05) is 88.1 Å². The molecule has 5 aromatic heterocycles. The van der Waals surface area contributed by atoms with E-state index in [2.05, 4.69) is 197 Å². The zero-order valence-corrected chi connectivity index (χ0v) is 84.6. The molecule has 0 spiro atoms. The Balaban J connectivity index is 0.000000149. The minimum absolute atomic E-state index is 0.0263. The quantitative estimate of drug-likeness (QED) is 0.0176. The molecule has 2 fully saturated rings. The number of rotatable bonds is 36. The average molecular weight is 1930 g/mol. The Labute approximate surface area is 833 Å². The molecule has 10 aromatic rings. The standard InChI is InChI=1S/C24H34N6O.C23H29N5O2.C21H27N5O2.C20H25N5O2.C19H23N5O2/c1-4-20(5-2)30-22(31)15-18-17-25-24(27-23(18)30)26-19-9-8-10-21(16-19)28(3)13-14-29-11-6-7-12-29;1-3-19(4-2)28-20(29)13-16-14-24-23(27-21(16)28)26-18-11-9-15(10-12-18)22(30)25-17-7-5-6-8-17;1-5-17(6-2)26-18(27)11-15-12-22-21(25-19(15)26)24-16-9-7-14(8-10-16)20(28)23-13(3)4;1-4-16(5-2)25-17(26)11-14-12-22-20(24-18(14)25)23-15-9-7-13(8-10-15)19(27)21-6-3;1-4-15(5-2)24-16(25)10-13-11-21-19(23-17(13)24)22-14-8-6-12(7-9-14)18(26)20-3/h8-10,16-17,20H,4-7,11-15H2,1-3H3,(H,25,26,27);9-12,14,17,19H,3-8,13H2,1-2H3,(H,25,30)(H,24,26,27);7-10,12-13,17H,5-6,11H2,1-4H3,(H,23,28)(H,22,24,25);7-10,12,16H,4-6,11H2,1-3H3,(H,21,27)(H,22,23,24);6-9,11,15H,4-5,10H2,1-3H3,(H,20,26)(H,21,22,23). The molecule has 6 aliphatic heterocycles. The van der Waals surface area contributed by atoms with Crippen LogP contribution in [0.1, 0.15) is 262 Å². The molecule has 11 heterocycles. The van der Waals surface area contributed by atoms with Crippen LogP contribution in [0.15, 0.2) is 152 Å². The van der Waals surface area contributed by atoms with Crippen LogP contribution in [0.5, 0.6) is 0 Å². The molecule has 0 radical (unpaired) electrons. The first-order chi connectivity index (χ1) is 68.7. The molecule has 35 heteroatoms. The molecular weight excluding hydrogens is 1790 g/mol. The van der Waals surface area contributed by atoms with Gasteiger partial charge >= 0.3 is 0 Å². The summed E-state index contributed by atoms with van der Waals surface area (Å²) in [5.41, 5.74) is 12.0. The van der Waals surface area contributed by atoms with Crippen LogP contribution in [-0.4, -0.2) is 197 Å². The van der Waals surface area contributed by atoms with E-state index < -0.39 is 0 Å². The van der Waals surface area contributed by atoms with Gasteiger partial charge in [0.05, 0.1) is 32.1 Å². The van der Waals surface area contributed by atoms with Gasteiger partial charge in [0, 0.05) is 191 Å². The van der Waals surface area contributed by atoms with Crippen LogP contribution < -0.4 is 77.3 Å². The lowest BCUT2D eigenvalue weighted by Crippen LogP contribution is -2.37. The van der Waals surface area contributed by atoms with Gasteiger partial charge in [0.2, 0.25) is 59.3 Å². The first kappa shape index (κ1) is 105. The molecule has 0 unspecified atom stereocenters. The summed E-state index contributed by atoms with van der Waals surface area (Å²) in [5, 5.41) is 27.3. The largest absolute Gasteiger partial charge is 0.373 e. The van der Waals surface area contributed by atoms with E-state index in [0.717, 1.165) is 152 Å². The number of benzene rings is 5. The molecule has 750 valence electrons. The van der Waals surface area contributed by atoms with Crippen LogP contribution in [0.3, 0.4) is 0 Å². The third-order valence-corrected chi connectivity index (χ3v) is 26.7. The molecule has 1 aliphatic carbocycles. The van der Waals surface area contributed by atoms with Crippen molar-refractivity contribution >= 4 is 146 Å². The Morgan fingerprint density at radius 3 is 0.944 bits per heavy atom. The van der Waals surface area contributed by atoms with Gasteiger partial charge in [-0.3, -0.25) is 67.7 Å². The summed E-state index contributed by atoms with van der Waals surface area (Å²) in [5.74, 6) is 5.92. The summed E-state index contributed by atoms with van der Waals surface area (Å²) in [6.45, 7) is 31.8. The number of amides is 9. The van der Waals surface area contributed by atoms with Gasteiger partial charge in [-0.25, -0.2) is 24.9 Å². The molecule has 9 amide bonds.